The smallest absolute Gasteiger partial charge is 1.00 e. The molecule has 0 amide bonds. The molecule has 0 aromatic rings. The van der Waals surface area contributed by atoms with Crippen molar-refractivity contribution in [3.05, 3.63) is 13.8 Å². The van der Waals surface area contributed by atoms with Gasteiger partial charge in [-0.3, -0.25) is 0 Å². The molecule has 0 fully saturated rings. The monoisotopic (exact) mass is 310 g/mol. The van der Waals surface area contributed by atoms with Gasteiger partial charge >= 0.3 is 21.7 Å². The summed E-state index contributed by atoms with van der Waals surface area (Å²) in [6.07, 6.45) is 0. The van der Waals surface area contributed by atoms with Gasteiger partial charge < -0.3 is 63.5 Å². The number of hydrogen-bond donors (Lipinski definition) is 0. The average molecular weight is 313 g/mol. The Labute approximate surface area is 117 Å². The van der Waals surface area contributed by atoms with Crippen molar-refractivity contribution in [2.24, 2.45) is 0 Å². The quantitative estimate of drug-likeness (QED) is 0.308. The van der Waals surface area contributed by atoms with Crippen LogP contribution in [0.5, 0.6) is 0 Å². The van der Waals surface area contributed by atoms with Crippen LogP contribution in [0.1, 0.15) is 13.8 Å². The summed E-state index contributed by atoms with van der Waals surface area (Å²) in [6, 6.07) is 0. The summed E-state index contributed by atoms with van der Waals surface area (Å²) in [7, 11) is 0. The van der Waals surface area contributed by atoms with Gasteiger partial charge in [0.15, 0.2) is 0 Å². The molecule has 0 nitrogen and oxygen atoms in total. The molecular formula is C4H10Cl4TiZn-2. The predicted octanol–water partition coefficient (Wildman–Crippen LogP) is -10.3. The van der Waals surface area contributed by atoms with Crippen molar-refractivity contribution in [3.8, 4) is 0 Å². The van der Waals surface area contributed by atoms with Crippen LogP contribution in [0.15, 0.2) is 0 Å². The van der Waals surface area contributed by atoms with Crippen LogP contribution in [0.3, 0.4) is 0 Å². The van der Waals surface area contributed by atoms with Crippen molar-refractivity contribution in [1.29, 1.82) is 0 Å². The van der Waals surface area contributed by atoms with E-state index in [4.69, 9.17) is 0 Å². The molecule has 0 aromatic heterocycles. The van der Waals surface area contributed by atoms with Crippen molar-refractivity contribution in [3.63, 3.8) is 0 Å². The zero-order chi connectivity index (χ0) is 4.00. The van der Waals surface area contributed by atoms with E-state index in [1.54, 1.807) is 13.8 Å². The van der Waals surface area contributed by atoms with Crippen molar-refractivity contribution in [1.82, 2.24) is 0 Å². The summed E-state index contributed by atoms with van der Waals surface area (Å²) in [5.41, 5.74) is 0. The molecule has 10 heavy (non-hydrogen) atoms. The molecule has 0 aliphatic carbocycles. The summed E-state index contributed by atoms with van der Waals surface area (Å²) < 4.78 is 0. The minimum absolute atomic E-state index is 0. The maximum absolute atomic E-state index is 3.25. The van der Waals surface area contributed by atoms with Crippen LogP contribution in [-0.4, -0.2) is 0 Å². The summed E-state index contributed by atoms with van der Waals surface area (Å²) in [4.78, 5) is 0. The average Bonchev–Trinajstić information content (AvgIpc) is 1.50. The van der Waals surface area contributed by atoms with Gasteiger partial charge in [0.05, 0.1) is 0 Å². The second-order valence-electron chi connectivity index (χ2n) is 0. The maximum atomic E-state index is 3.25. The molecule has 0 aliphatic heterocycles. The third-order valence-electron chi connectivity index (χ3n) is 0. The van der Waals surface area contributed by atoms with E-state index in [2.05, 4.69) is 13.8 Å². The van der Waals surface area contributed by atoms with Gasteiger partial charge in [0.2, 0.25) is 0 Å². The van der Waals surface area contributed by atoms with Crippen LogP contribution in [-0.2, 0) is 41.2 Å². The van der Waals surface area contributed by atoms with Crippen LogP contribution in [0.25, 0.3) is 0 Å². The molecular weight excluding hydrogens is 303 g/mol. The molecule has 62 valence electrons. The summed E-state index contributed by atoms with van der Waals surface area (Å²) in [5, 5.41) is 0. The molecule has 6 heteroatoms. The van der Waals surface area contributed by atoms with Gasteiger partial charge in [0, 0.05) is 19.5 Å². The fourth-order valence-electron chi connectivity index (χ4n) is 0. The first kappa shape index (κ1) is 81.7. The van der Waals surface area contributed by atoms with Gasteiger partial charge in [-0.2, -0.15) is 13.8 Å². The van der Waals surface area contributed by atoms with E-state index in [-0.39, 0.29) is 90.8 Å². The van der Waals surface area contributed by atoms with E-state index >= 15 is 0 Å². The Morgan fingerprint density at radius 3 is 0.600 bits per heavy atom. The Bertz CT molecular complexity index is 17.2. The SMILES string of the molecule is [CH2-]C.[CH2-]C.[Cl-].[Cl-].[Cl-].[Cl-].[Ti+4].[Zn]. The standard InChI is InChI=1S/2C2H5.4ClH.Ti.Zn/c2*1-2;;;;;;/h2*1H2,2H3;4*1H;;/q2*-1;;;;;+4;/p-4. The van der Waals surface area contributed by atoms with E-state index < -0.39 is 0 Å². The third kappa shape index (κ3) is 152. The molecule has 0 atom stereocenters. The number of halogens is 4. The Balaban J connectivity index is -0.000000000833. The van der Waals surface area contributed by atoms with Crippen molar-refractivity contribution in [2.45, 2.75) is 13.8 Å². The second-order valence-corrected chi connectivity index (χ2v) is 0. The van der Waals surface area contributed by atoms with Crippen molar-refractivity contribution >= 4 is 0 Å². The molecule has 0 unspecified atom stereocenters. The van der Waals surface area contributed by atoms with Gasteiger partial charge in [-0.1, -0.05) is 0 Å². The first-order chi connectivity index (χ1) is 2.00. The first-order valence-electron chi connectivity index (χ1n) is 1.41. The minimum Gasteiger partial charge on any atom is -1.00 e. The number of hydrogen-bond acceptors (Lipinski definition) is 0. The summed E-state index contributed by atoms with van der Waals surface area (Å²) in [6.45, 7) is 10.0. The van der Waals surface area contributed by atoms with Crippen LogP contribution in [0.2, 0.25) is 0 Å². The van der Waals surface area contributed by atoms with Gasteiger partial charge in [-0.25, -0.2) is 0 Å². The largest absolute Gasteiger partial charge is 4.00 e. The van der Waals surface area contributed by atoms with E-state index in [1.807, 2.05) is 0 Å². The van der Waals surface area contributed by atoms with Gasteiger partial charge in [0.1, 0.15) is 0 Å². The zero-order valence-corrected chi connectivity index (χ0v) is 13.7. The molecule has 0 aromatic carbocycles. The minimum atomic E-state index is 0. The van der Waals surface area contributed by atoms with Crippen LogP contribution >= 0.6 is 0 Å². The molecule has 0 aliphatic rings. The van der Waals surface area contributed by atoms with Crippen molar-refractivity contribution < 1.29 is 90.8 Å². The molecule has 0 N–H and O–H groups in total. The molecule has 0 saturated heterocycles. The molecule has 0 heterocycles. The Morgan fingerprint density at radius 1 is 0.600 bits per heavy atom. The fraction of sp³-hybridized carbons (Fsp3) is 0.500. The normalized spacial score (nSPS) is 1.20. The Kier molecular flexibility index (Phi) is 1660. The zero-order valence-electron chi connectivity index (χ0n) is 6.13. The van der Waals surface area contributed by atoms with Gasteiger partial charge in [-0.15, -0.1) is 0 Å². The van der Waals surface area contributed by atoms with E-state index in [0.717, 1.165) is 0 Å². The first-order valence-corrected chi connectivity index (χ1v) is 1.41. The van der Waals surface area contributed by atoms with Crippen LogP contribution < -0.4 is 49.6 Å². The topological polar surface area (TPSA) is 0 Å². The van der Waals surface area contributed by atoms with E-state index in [0.29, 0.717) is 0 Å². The molecule has 0 saturated carbocycles. The number of rotatable bonds is 0. The van der Waals surface area contributed by atoms with Crippen molar-refractivity contribution in [2.75, 3.05) is 0 Å². The molecule has 0 spiro atoms. The summed E-state index contributed by atoms with van der Waals surface area (Å²) in [5.74, 6) is 0. The van der Waals surface area contributed by atoms with Crippen LogP contribution in [0, 0.1) is 13.8 Å². The fourth-order valence-corrected chi connectivity index (χ4v) is 0. The Hall–Kier alpha value is 2.50. The third-order valence-corrected chi connectivity index (χ3v) is 0. The second kappa shape index (κ2) is 203. The molecule has 0 bridgehead atoms. The van der Waals surface area contributed by atoms with E-state index in [9.17, 15) is 0 Å². The Morgan fingerprint density at radius 2 is 0.600 bits per heavy atom. The molecule has 0 rings (SSSR count). The summed E-state index contributed by atoms with van der Waals surface area (Å²) >= 11 is 0. The van der Waals surface area contributed by atoms with Crippen LogP contribution in [0.4, 0.5) is 0 Å². The van der Waals surface area contributed by atoms with E-state index in [1.165, 1.54) is 0 Å². The van der Waals surface area contributed by atoms with Gasteiger partial charge in [0.25, 0.3) is 0 Å². The maximum Gasteiger partial charge on any atom is 4.00 e. The predicted molar refractivity (Wildman–Crippen MR) is 22.1 cm³/mol. The molecule has 0 radical (unpaired) electrons. The van der Waals surface area contributed by atoms with Gasteiger partial charge in [-0.05, 0) is 0 Å².